The lowest BCUT2D eigenvalue weighted by Crippen LogP contribution is -2.43. The first-order valence-corrected chi connectivity index (χ1v) is 12.9. The van der Waals surface area contributed by atoms with E-state index in [0.717, 1.165) is 46.5 Å². The maximum Gasteiger partial charge on any atom is 0.323 e. The molecule has 1 fully saturated rings. The van der Waals surface area contributed by atoms with Crippen LogP contribution in [0.5, 0.6) is 0 Å². The molecule has 5 rings (SSSR count). The second-order valence-corrected chi connectivity index (χ2v) is 9.64. The second-order valence-electron chi connectivity index (χ2n) is 8.58. The SMILES string of the molecule is CC1=C(C(=O)Nc2ccccc2)C(c2ccc(NC(=O)Nc3ccccc3)cc2)N2CCCSC2=N1. The molecule has 0 aromatic heterocycles. The summed E-state index contributed by atoms with van der Waals surface area (Å²) in [7, 11) is 0. The molecular weight excluding hydrogens is 470 g/mol. The van der Waals surface area contributed by atoms with Crippen LogP contribution in [0.15, 0.2) is 101 Å². The Hall–Kier alpha value is -4.04. The van der Waals surface area contributed by atoms with E-state index in [0.29, 0.717) is 11.3 Å². The molecule has 7 nitrogen and oxygen atoms in total. The fourth-order valence-corrected chi connectivity index (χ4v) is 5.41. The molecule has 8 heteroatoms. The van der Waals surface area contributed by atoms with Crippen LogP contribution >= 0.6 is 11.8 Å². The van der Waals surface area contributed by atoms with Gasteiger partial charge >= 0.3 is 6.03 Å². The molecule has 36 heavy (non-hydrogen) atoms. The zero-order chi connectivity index (χ0) is 24.9. The third kappa shape index (κ3) is 5.28. The van der Waals surface area contributed by atoms with Gasteiger partial charge in [0.1, 0.15) is 0 Å². The normalized spacial score (nSPS) is 17.1. The van der Waals surface area contributed by atoms with E-state index in [1.807, 2.05) is 91.9 Å². The molecule has 0 bridgehead atoms. The number of carbonyl (C=O) groups is 2. The number of thioether (sulfide) groups is 1. The van der Waals surface area contributed by atoms with Crippen molar-refractivity contribution in [3.63, 3.8) is 0 Å². The summed E-state index contributed by atoms with van der Waals surface area (Å²) in [6.07, 6.45) is 1.02. The lowest BCUT2D eigenvalue weighted by atomic mass is 9.93. The van der Waals surface area contributed by atoms with Crippen LogP contribution in [-0.2, 0) is 4.79 Å². The molecule has 2 heterocycles. The number of nitrogens with zero attached hydrogens (tertiary/aromatic N) is 2. The number of urea groups is 1. The smallest absolute Gasteiger partial charge is 0.323 e. The molecule has 3 amide bonds. The quantitative estimate of drug-likeness (QED) is 0.398. The number of fused-ring (bicyclic) bond motifs is 1. The number of hydrogen-bond acceptors (Lipinski definition) is 5. The summed E-state index contributed by atoms with van der Waals surface area (Å²) in [5.41, 5.74) is 4.45. The van der Waals surface area contributed by atoms with Crippen LogP contribution in [-0.4, -0.2) is 34.3 Å². The average Bonchev–Trinajstić information content (AvgIpc) is 2.89. The Morgan fingerprint density at radius 1 is 0.833 bits per heavy atom. The van der Waals surface area contributed by atoms with Gasteiger partial charge in [0.2, 0.25) is 0 Å². The molecule has 1 saturated heterocycles. The second kappa shape index (κ2) is 10.7. The molecule has 3 aromatic carbocycles. The summed E-state index contributed by atoms with van der Waals surface area (Å²) < 4.78 is 0. The number of rotatable bonds is 5. The van der Waals surface area contributed by atoms with E-state index in [4.69, 9.17) is 4.99 Å². The van der Waals surface area contributed by atoms with Crippen molar-refractivity contribution >= 4 is 45.9 Å². The van der Waals surface area contributed by atoms with E-state index < -0.39 is 0 Å². The number of amides is 3. The Balaban J connectivity index is 1.39. The van der Waals surface area contributed by atoms with Gasteiger partial charge in [0.15, 0.2) is 5.17 Å². The predicted octanol–water partition coefficient (Wildman–Crippen LogP) is 6.09. The minimum Gasteiger partial charge on any atom is -0.340 e. The largest absolute Gasteiger partial charge is 0.340 e. The lowest BCUT2D eigenvalue weighted by molar-refractivity contribution is -0.113. The van der Waals surface area contributed by atoms with Gasteiger partial charge in [0, 0.05) is 29.4 Å². The maximum absolute atomic E-state index is 13.5. The number of carbonyl (C=O) groups excluding carboxylic acids is 2. The Morgan fingerprint density at radius 3 is 2.06 bits per heavy atom. The number of para-hydroxylation sites is 2. The highest BCUT2D eigenvalue weighted by molar-refractivity contribution is 8.13. The van der Waals surface area contributed by atoms with Crippen LogP contribution in [0, 0.1) is 0 Å². The molecule has 1 atom stereocenters. The molecule has 1 unspecified atom stereocenters. The molecule has 182 valence electrons. The van der Waals surface area contributed by atoms with Gasteiger partial charge in [0.25, 0.3) is 5.91 Å². The highest BCUT2D eigenvalue weighted by Gasteiger charge is 2.37. The Kier molecular flexibility index (Phi) is 7.04. The number of benzene rings is 3. The number of hydrogen-bond donors (Lipinski definition) is 3. The molecular formula is C28H27N5O2S. The monoisotopic (exact) mass is 497 g/mol. The van der Waals surface area contributed by atoms with E-state index >= 15 is 0 Å². The van der Waals surface area contributed by atoms with Gasteiger partial charge in [-0.3, -0.25) is 4.79 Å². The molecule has 0 saturated carbocycles. The zero-order valence-corrected chi connectivity index (χ0v) is 20.7. The van der Waals surface area contributed by atoms with Crippen molar-refractivity contribution < 1.29 is 9.59 Å². The molecule has 0 radical (unpaired) electrons. The van der Waals surface area contributed by atoms with Crippen molar-refractivity contribution in [1.82, 2.24) is 4.90 Å². The summed E-state index contributed by atoms with van der Waals surface area (Å²) in [6, 6.07) is 25.8. The van der Waals surface area contributed by atoms with Crippen molar-refractivity contribution in [2.24, 2.45) is 4.99 Å². The Labute approximate surface area is 214 Å². The molecule has 3 aromatic rings. The first-order valence-electron chi connectivity index (χ1n) is 11.9. The topological polar surface area (TPSA) is 85.8 Å². The number of anilines is 3. The van der Waals surface area contributed by atoms with Crippen LogP contribution < -0.4 is 16.0 Å². The number of allylic oxidation sites excluding steroid dienone is 1. The van der Waals surface area contributed by atoms with Crippen LogP contribution in [0.1, 0.15) is 24.9 Å². The summed E-state index contributed by atoms with van der Waals surface area (Å²) in [5, 5.41) is 9.67. The Bertz CT molecular complexity index is 1310. The van der Waals surface area contributed by atoms with Crippen molar-refractivity contribution in [1.29, 1.82) is 0 Å². The summed E-state index contributed by atoms with van der Waals surface area (Å²) in [5.74, 6) is 0.854. The van der Waals surface area contributed by atoms with Crippen LogP contribution in [0.2, 0.25) is 0 Å². The summed E-state index contributed by atoms with van der Waals surface area (Å²) >= 11 is 1.72. The molecule has 0 spiro atoms. The first-order chi connectivity index (χ1) is 17.6. The van der Waals surface area contributed by atoms with E-state index in [2.05, 4.69) is 20.9 Å². The summed E-state index contributed by atoms with van der Waals surface area (Å²) in [6.45, 7) is 2.72. The van der Waals surface area contributed by atoms with Gasteiger partial charge in [0.05, 0.1) is 17.3 Å². The molecule has 0 aliphatic carbocycles. The van der Waals surface area contributed by atoms with Crippen LogP contribution in [0.25, 0.3) is 0 Å². The van der Waals surface area contributed by atoms with Crippen molar-refractivity contribution in [3.05, 3.63) is 102 Å². The van der Waals surface area contributed by atoms with Crippen LogP contribution in [0.4, 0.5) is 21.9 Å². The third-order valence-electron chi connectivity index (χ3n) is 6.05. The van der Waals surface area contributed by atoms with E-state index in [1.165, 1.54) is 0 Å². The van der Waals surface area contributed by atoms with Crippen LogP contribution in [0.3, 0.4) is 0 Å². The fraction of sp³-hybridized carbons (Fsp3) is 0.179. The van der Waals surface area contributed by atoms with Gasteiger partial charge in [-0.15, -0.1) is 0 Å². The first kappa shape index (κ1) is 23.7. The lowest BCUT2D eigenvalue weighted by Gasteiger charge is -2.40. The van der Waals surface area contributed by atoms with E-state index in [1.54, 1.807) is 11.8 Å². The van der Waals surface area contributed by atoms with Gasteiger partial charge < -0.3 is 20.9 Å². The minimum absolute atomic E-state index is 0.161. The Morgan fingerprint density at radius 2 is 1.42 bits per heavy atom. The highest BCUT2D eigenvalue weighted by atomic mass is 32.2. The van der Waals surface area contributed by atoms with Gasteiger partial charge in [-0.1, -0.05) is 60.3 Å². The number of amidine groups is 1. The van der Waals surface area contributed by atoms with E-state index in [9.17, 15) is 9.59 Å². The minimum atomic E-state index is -0.313. The van der Waals surface area contributed by atoms with Gasteiger partial charge in [-0.2, -0.15) is 0 Å². The third-order valence-corrected chi connectivity index (χ3v) is 7.13. The molecule has 2 aliphatic rings. The zero-order valence-electron chi connectivity index (χ0n) is 19.9. The molecule has 3 N–H and O–H groups in total. The average molecular weight is 498 g/mol. The fourth-order valence-electron chi connectivity index (χ4n) is 4.39. The van der Waals surface area contributed by atoms with Gasteiger partial charge in [-0.05, 0) is 55.3 Å². The van der Waals surface area contributed by atoms with E-state index in [-0.39, 0.29) is 18.0 Å². The maximum atomic E-state index is 13.5. The summed E-state index contributed by atoms with van der Waals surface area (Å²) in [4.78, 5) is 32.9. The number of nitrogens with one attached hydrogen (secondary N) is 3. The van der Waals surface area contributed by atoms with Crippen molar-refractivity contribution in [3.8, 4) is 0 Å². The standard InChI is InChI=1S/C28H27N5O2S/c1-19-24(26(34)30-21-9-4-2-5-10-21)25(33-17-8-18-36-28(33)29-19)20-13-15-23(16-14-20)32-27(35)31-22-11-6-3-7-12-22/h2-7,9-16,25H,8,17-18H2,1H3,(H,30,34)(H2,31,32,35). The van der Waals surface area contributed by atoms with Crippen molar-refractivity contribution in [2.45, 2.75) is 19.4 Å². The number of aliphatic imine (C=N–C) groups is 1. The van der Waals surface area contributed by atoms with Crippen molar-refractivity contribution in [2.75, 3.05) is 28.2 Å². The highest BCUT2D eigenvalue weighted by Crippen LogP contribution is 2.40. The predicted molar refractivity (Wildman–Crippen MR) is 147 cm³/mol. The van der Waals surface area contributed by atoms with Gasteiger partial charge in [-0.25, -0.2) is 9.79 Å². The molecule has 2 aliphatic heterocycles.